The van der Waals surface area contributed by atoms with Gasteiger partial charge in [-0.2, -0.15) is 0 Å². The van der Waals surface area contributed by atoms with Crippen molar-refractivity contribution in [1.82, 2.24) is 0 Å². The lowest BCUT2D eigenvalue weighted by molar-refractivity contribution is -0.144. The SMILES string of the molecule is CCOC(=O)c1ccc(NC(=O)COC(=O)CS[C@@H]2CCS(=O)(=O)C2)cc1. The summed E-state index contributed by atoms with van der Waals surface area (Å²) in [6.07, 6.45) is 0.530. The summed E-state index contributed by atoms with van der Waals surface area (Å²) in [5, 5.41) is 2.45. The Hall–Kier alpha value is -2.07. The van der Waals surface area contributed by atoms with Crippen molar-refractivity contribution >= 4 is 45.1 Å². The standard InChI is InChI=1S/C17H21NO7S2/c1-2-24-17(21)12-3-5-13(6-4-12)18-15(19)9-25-16(20)10-26-14-7-8-27(22,23)11-14/h3-6,14H,2,7-11H2,1H3,(H,18,19)/t14-/m1/s1. The van der Waals surface area contributed by atoms with E-state index in [0.29, 0.717) is 17.7 Å². The molecule has 2 rings (SSSR count). The van der Waals surface area contributed by atoms with Gasteiger partial charge in [0.05, 0.1) is 29.4 Å². The number of thioether (sulfide) groups is 1. The minimum Gasteiger partial charge on any atom is -0.462 e. The molecule has 0 aromatic heterocycles. The summed E-state index contributed by atoms with van der Waals surface area (Å²) in [6.45, 7) is 1.54. The van der Waals surface area contributed by atoms with E-state index in [1.54, 1.807) is 19.1 Å². The van der Waals surface area contributed by atoms with Crippen molar-refractivity contribution in [2.45, 2.75) is 18.6 Å². The number of benzene rings is 1. The fraction of sp³-hybridized carbons (Fsp3) is 0.471. The van der Waals surface area contributed by atoms with E-state index in [1.165, 1.54) is 23.9 Å². The lowest BCUT2D eigenvalue weighted by atomic mass is 10.2. The number of sulfone groups is 1. The Morgan fingerprint density at radius 3 is 2.48 bits per heavy atom. The summed E-state index contributed by atoms with van der Waals surface area (Å²) in [6, 6.07) is 6.13. The second kappa shape index (κ2) is 9.75. The molecule has 8 nitrogen and oxygen atoms in total. The first kappa shape index (κ1) is 21.2. The zero-order valence-corrected chi connectivity index (χ0v) is 16.4. The number of rotatable bonds is 8. The summed E-state index contributed by atoms with van der Waals surface area (Å²) in [5.41, 5.74) is 0.821. The van der Waals surface area contributed by atoms with Crippen molar-refractivity contribution in [1.29, 1.82) is 0 Å². The molecule has 1 aromatic carbocycles. The van der Waals surface area contributed by atoms with Crippen LogP contribution in [-0.4, -0.2) is 62.0 Å². The maximum absolute atomic E-state index is 11.8. The van der Waals surface area contributed by atoms with Crippen LogP contribution in [0.4, 0.5) is 5.69 Å². The first-order valence-electron chi connectivity index (χ1n) is 8.34. The highest BCUT2D eigenvalue weighted by Gasteiger charge is 2.28. The molecule has 1 saturated heterocycles. The van der Waals surface area contributed by atoms with Gasteiger partial charge in [-0.25, -0.2) is 13.2 Å². The van der Waals surface area contributed by atoms with E-state index < -0.39 is 34.3 Å². The highest BCUT2D eigenvalue weighted by Crippen LogP contribution is 2.24. The molecule has 1 aliphatic heterocycles. The van der Waals surface area contributed by atoms with Crippen LogP contribution in [0, 0.1) is 0 Å². The van der Waals surface area contributed by atoms with Gasteiger partial charge in [0, 0.05) is 10.9 Å². The fourth-order valence-corrected chi connectivity index (χ4v) is 5.81. The van der Waals surface area contributed by atoms with Gasteiger partial charge in [-0.1, -0.05) is 0 Å². The molecular weight excluding hydrogens is 394 g/mol. The number of nitrogens with one attached hydrogen (secondary N) is 1. The maximum Gasteiger partial charge on any atom is 0.338 e. The summed E-state index contributed by atoms with van der Waals surface area (Å²) in [4.78, 5) is 35.0. The van der Waals surface area contributed by atoms with Gasteiger partial charge in [-0.15, -0.1) is 11.8 Å². The van der Waals surface area contributed by atoms with Crippen LogP contribution in [-0.2, 0) is 28.9 Å². The second-order valence-corrected chi connectivity index (χ2v) is 9.36. The maximum atomic E-state index is 11.8. The topological polar surface area (TPSA) is 116 Å². The number of ether oxygens (including phenoxy) is 2. The van der Waals surface area contributed by atoms with Crippen LogP contribution in [0.25, 0.3) is 0 Å². The summed E-state index contributed by atoms with van der Waals surface area (Å²) in [5.74, 6) is -1.30. The summed E-state index contributed by atoms with van der Waals surface area (Å²) in [7, 11) is -2.98. The van der Waals surface area contributed by atoms with Crippen molar-refractivity contribution in [3.63, 3.8) is 0 Å². The molecular formula is C17H21NO7S2. The van der Waals surface area contributed by atoms with Crippen LogP contribution < -0.4 is 5.32 Å². The average molecular weight is 415 g/mol. The van der Waals surface area contributed by atoms with Crippen molar-refractivity contribution in [3.05, 3.63) is 29.8 Å². The Labute approximate surface area is 161 Å². The van der Waals surface area contributed by atoms with E-state index in [1.807, 2.05) is 0 Å². The number of amides is 1. The van der Waals surface area contributed by atoms with E-state index in [4.69, 9.17) is 9.47 Å². The van der Waals surface area contributed by atoms with Gasteiger partial charge in [0.15, 0.2) is 16.4 Å². The van der Waals surface area contributed by atoms with E-state index in [2.05, 4.69) is 5.32 Å². The molecule has 1 aromatic rings. The molecule has 0 bridgehead atoms. The molecule has 1 atom stereocenters. The molecule has 0 unspecified atom stereocenters. The fourth-order valence-electron chi connectivity index (χ4n) is 2.37. The van der Waals surface area contributed by atoms with Crippen LogP contribution in [0.2, 0.25) is 0 Å². The zero-order chi connectivity index (χ0) is 19.9. The van der Waals surface area contributed by atoms with Gasteiger partial charge in [0.1, 0.15) is 0 Å². The molecule has 1 aliphatic rings. The molecule has 0 aliphatic carbocycles. The molecule has 27 heavy (non-hydrogen) atoms. The van der Waals surface area contributed by atoms with Crippen LogP contribution in [0.15, 0.2) is 24.3 Å². The first-order valence-corrected chi connectivity index (χ1v) is 11.2. The Kier molecular flexibility index (Phi) is 7.66. The molecule has 10 heteroatoms. The molecule has 148 valence electrons. The van der Waals surface area contributed by atoms with Gasteiger partial charge in [-0.3, -0.25) is 9.59 Å². The highest BCUT2D eigenvalue weighted by molar-refractivity contribution is 8.02. The number of esters is 2. The average Bonchev–Trinajstić information content (AvgIpc) is 2.98. The third kappa shape index (κ3) is 7.22. The zero-order valence-electron chi connectivity index (χ0n) is 14.8. The number of carbonyl (C=O) groups excluding carboxylic acids is 3. The van der Waals surface area contributed by atoms with Gasteiger partial charge < -0.3 is 14.8 Å². The van der Waals surface area contributed by atoms with E-state index in [-0.39, 0.29) is 29.1 Å². The van der Waals surface area contributed by atoms with Gasteiger partial charge in [0.2, 0.25) is 0 Å². The number of anilines is 1. The van der Waals surface area contributed by atoms with Gasteiger partial charge in [-0.05, 0) is 37.6 Å². The van der Waals surface area contributed by atoms with E-state index >= 15 is 0 Å². The van der Waals surface area contributed by atoms with Crippen LogP contribution in [0.1, 0.15) is 23.7 Å². The number of hydrogen-bond acceptors (Lipinski definition) is 8. The lowest BCUT2D eigenvalue weighted by Gasteiger charge is -2.09. The van der Waals surface area contributed by atoms with Crippen LogP contribution in [0.5, 0.6) is 0 Å². The Morgan fingerprint density at radius 2 is 1.89 bits per heavy atom. The van der Waals surface area contributed by atoms with Crippen molar-refractivity contribution < 1.29 is 32.3 Å². The van der Waals surface area contributed by atoms with Crippen molar-refractivity contribution in [2.24, 2.45) is 0 Å². The number of hydrogen-bond donors (Lipinski definition) is 1. The molecule has 1 N–H and O–H groups in total. The molecule has 1 amide bonds. The van der Waals surface area contributed by atoms with Crippen molar-refractivity contribution in [2.75, 3.05) is 35.8 Å². The number of carbonyl (C=O) groups is 3. The van der Waals surface area contributed by atoms with Crippen LogP contribution >= 0.6 is 11.8 Å². The predicted molar refractivity (Wildman–Crippen MR) is 102 cm³/mol. The molecule has 0 saturated carbocycles. The van der Waals surface area contributed by atoms with E-state index in [9.17, 15) is 22.8 Å². The third-order valence-corrected chi connectivity index (χ3v) is 6.93. The van der Waals surface area contributed by atoms with Crippen molar-refractivity contribution in [3.8, 4) is 0 Å². The lowest BCUT2D eigenvalue weighted by Crippen LogP contribution is -2.22. The Balaban J connectivity index is 1.69. The molecule has 0 spiro atoms. The third-order valence-electron chi connectivity index (χ3n) is 3.67. The second-order valence-electron chi connectivity index (χ2n) is 5.84. The van der Waals surface area contributed by atoms with Gasteiger partial charge >= 0.3 is 11.9 Å². The Bertz CT molecular complexity index is 790. The summed E-state index contributed by atoms with van der Waals surface area (Å²) < 4.78 is 32.5. The smallest absolute Gasteiger partial charge is 0.338 e. The molecule has 1 heterocycles. The minimum absolute atomic E-state index is 0.00169. The van der Waals surface area contributed by atoms with Crippen LogP contribution in [0.3, 0.4) is 0 Å². The van der Waals surface area contributed by atoms with E-state index in [0.717, 1.165) is 0 Å². The molecule has 1 fully saturated rings. The normalized spacial score (nSPS) is 17.9. The summed E-state index contributed by atoms with van der Waals surface area (Å²) >= 11 is 1.23. The minimum atomic E-state index is -2.98. The first-order chi connectivity index (χ1) is 12.8. The van der Waals surface area contributed by atoms with Gasteiger partial charge in [0.25, 0.3) is 5.91 Å². The monoisotopic (exact) mass is 415 g/mol. The highest BCUT2D eigenvalue weighted by atomic mass is 32.2. The predicted octanol–water partition coefficient (Wildman–Crippen LogP) is 1.27. The Morgan fingerprint density at radius 1 is 1.19 bits per heavy atom. The molecule has 0 radical (unpaired) electrons. The largest absolute Gasteiger partial charge is 0.462 e. The quantitative estimate of drug-likeness (QED) is 0.631.